The second-order valence-electron chi connectivity index (χ2n) is 3.18. The number of aromatic nitrogens is 4. The topological polar surface area (TPSA) is 110 Å². The predicted octanol–water partition coefficient (Wildman–Crippen LogP) is 0.572. The molecule has 0 saturated carbocycles. The van der Waals surface area contributed by atoms with Gasteiger partial charge in [-0.3, -0.25) is 4.79 Å². The maximum atomic E-state index is 11.3. The first kappa shape index (κ1) is 11.1. The molecule has 0 amide bonds. The van der Waals surface area contributed by atoms with Crippen LogP contribution in [0.1, 0.15) is 13.3 Å². The molecule has 2 heterocycles. The van der Waals surface area contributed by atoms with Gasteiger partial charge in [0.15, 0.2) is 5.52 Å². The van der Waals surface area contributed by atoms with E-state index in [0.29, 0.717) is 6.42 Å². The lowest BCUT2D eigenvalue weighted by Crippen LogP contribution is -2.15. The number of imidazole rings is 1. The minimum atomic E-state index is -0.873. The van der Waals surface area contributed by atoms with Crippen molar-refractivity contribution in [1.82, 2.24) is 20.2 Å². The summed E-state index contributed by atoms with van der Waals surface area (Å²) in [5.41, 5.74) is -0.0870. The van der Waals surface area contributed by atoms with E-state index < -0.39 is 11.7 Å². The highest BCUT2D eigenvalue weighted by Gasteiger charge is 2.14. The van der Waals surface area contributed by atoms with Gasteiger partial charge in [0.1, 0.15) is 5.52 Å². The molecular weight excluding hydrogens is 228 g/mol. The summed E-state index contributed by atoms with van der Waals surface area (Å²) < 4.78 is 9.55. The van der Waals surface area contributed by atoms with Crippen molar-refractivity contribution in [2.24, 2.45) is 0 Å². The zero-order valence-corrected chi connectivity index (χ0v) is 9.02. The number of nitrogens with zero attached hydrogens (tertiary/aromatic N) is 2. The van der Waals surface area contributed by atoms with Crippen LogP contribution in [0.15, 0.2) is 11.1 Å². The Morgan fingerprint density at radius 3 is 3.12 bits per heavy atom. The van der Waals surface area contributed by atoms with E-state index in [-0.39, 0.29) is 23.5 Å². The van der Waals surface area contributed by atoms with Gasteiger partial charge in [-0.2, -0.15) is 0 Å². The number of rotatable bonds is 3. The summed E-state index contributed by atoms with van der Waals surface area (Å²) in [6.07, 6.45) is 1.13. The molecule has 0 radical (unpaired) electrons. The average Bonchev–Trinajstić information content (AvgIpc) is 2.80. The largest absolute Gasteiger partial charge is 0.515 e. The van der Waals surface area contributed by atoms with Crippen molar-refractivity contribution >= 4 is 17.2 Å². The maximum Gasteiger partial charge on any atom is 0.515 e. The zero-order valence-electron chi connectivity index (χ0n) is 9.02. The van der Waals surface area contributed by atoms with Crippen molar-refractivity contribution in [2.75, 3.05) is 6.61 Å². The Bertz CT molecular complexity index is 588. The van der Waals surface area contributed by atoms with Crippen LogP contribution in [0.5, 0.6) is 5.88 Å². The lowest BCUT2D eigenvalue weighted by Gasteiger charge is -2.03. The van der Waals surface area contributed by atoms with Crippen molar-refractivity contribution in [2.45, 2.75) is 13.3 Å². The fourth-order valence-electron chi connectivity index (χ4n) is 1.21. The molecule has 0 aliphatic heterocycles. The molecular formula is C9H10N4O4. The van der Waals surface area contributed by atoms with E-state index in [0.717, 1.165) is 0 Å². The molecule has 0 fully saturated rings. The van der Waals surface area contributed by atoms with Crippen LogP contribution in [0.2, 0.25) is 0 Å². The van der Waals surface area contributed by atoms with Crippen LogP contribution in [-0.4, -0.2) is 32.9 Å². The Kier molecular flexibility index (Phi) is 3.03. The number of carbonyl (C=O) groups is 1. The Balaban J connectivity index is 2.24. The van der Waals surface area contributed by atoms with E-state index in [1.165, 1.54) is 6.33 Å². The molecule has 8 heteroatoms. The van der Waals surface area contributed by atoms with Gasteiger partial charge in [-0.1, -0.05) is 6.92 Å². The minimum absolute atomic E-state index is 0.0711. The predicted molar refractivity (Wildman–Crippen MR) is 56.8 cm³/mol. The molecule has 2 N–H and O–H groups in total. The molecule has 0 unspecified atom stereocenters. The standard InChI is InChI=1S/C9H10N4O4/c1-2-3-16-9(15)17-8-6-5(10-4-11-6)7(14)12-13-8/h4H,2-3H2,1H3,(H,10,11)(H,12,14). The van der Waals surface area contributed by atoms with Crippen LogP contribution in [0.25, 0.3) is 11.0 Å². The molecule has 2 rings (SSSR count). The maximum absolute atomic E-state index is 11.3. The summed E-state index contributed by atoms with van der Waals surface area (Å²) in [7, 11) is 0. The summed E-state index contributed by atoms with van der Waals surface area (Å²) in [6.45, 7) is 2.12. The van der Waals surface area contributed by atoms with E-state index in [2.05, 4.69) is 20.2 Å². The first-order valence-corrected chi connectivity index (χ1v) is 4.98. The second-order valence-corrected chi connectivity index (χ2v) is 3.18. The van der Waals surface area contributed by atoms with Crippen molar-refractivity contribution in [3.8, 4) is 5.88 Å². The Labute approximate surface area is 95.0 Å². The molecule has 2 aromatic rings. The number of nitrogens with one attached hydrogen (secondary N) is 2. The molecule has 0 bridgehead atoms. The smallest absolute Gasteiger partial charge is 0.434 e. The fraction of sp³-hybridized carbons (Fsp3) is 0.333. The van der Waals surface area contributed by atoms with Crippen LogP contribution < -0.4 is 10.3 Å². The molecule has 0 aromatic carbocycles. The van der Waals surface area contributed by atoms with Gasteiger partial charge >= 0.3 is 6.16 Å². The first-order chi connectivity index (χ1) is 8.22. The zero-order chi connectivity index (χ0) is 12.3. The van der Waals surface area contributed by atoms with Gasteiger partial charge < -0.3 is 14.5 Å². The summed E-state index contributed by atoms with van der Waals surface area (Å²) in [5, 5.41) is 5.76. The number of ether oxygens (including phenoxy) is 2. The van der Waals surface area contributed by atoms with E-state index in [4.69, 9.17) is 9.47 Å². The van der Waals surface area contributed by atoms with E-state index >= 15 is 0 Å². The Morgan fingerprint density at radius 2 is 2.35 bits per heavy atom. The molecule has 2 aromatic heterocycles. The number of carbonyl (C=O) groups excluding carboxylic acids is 1. The van der Waals surface area contributed by atoms with Gasteiger partial charge in [-0.25, -0.2) is 14.9 Å². The Morgan fingerprint density at radius 1 is 1.53 bits per heavy atom. The molecule has 0 aliphatic rings. The van der Waals surface area contributed by atoms with Crippen molar-refractivity contribution in [3.05, 3.63) is 16.7 Å². The lowest BCUT2D eigenvalue weighted by atomic mass is 10.4. The molecule has 17 heavy (non-hydrogen) atoms. The van der Waals surface area contributed by atoms with Gasteiger partial charge in [0.05, 0.1) is 12.9 Å². The molecule has 90 valence electrons. The number of hydrogen-bond donors (Lipinski definition) is 2. The SMILES string of the molecule is CCCOC(=O)Oc1n[nH]c(=O)c2nc[nH]c12. The summed E-state index contributed by atoms with van der Waals surface area (Å²) in [6, 6.07) is 0. The van der Waals surface area contributed by atoms with Gasteiger partial charge in [-0.15, -0.1) is 5.10 Å². The third-order valence-corrected chi connectivity index (χ3v) is 1.93. The third kappa shape index (κ3) is 2.25. The second kappa shape index (κ2) is 4.64. The van der Waals surface area contributed by atoms with E-state index in [1.54, 1.807) is 0 Å². The highest BCUT2D eigenvalue weighted by Crippen LogP contribution is 2.15. The number of fused-ring (bicyclic) bond motifs is 1. The molecule has 0 aliphatic carbocycles. The van der Waals surface area contributed by atoms with Crippen LogP contribution in [-0.2, 0) is 4.74 Å². The summed E-state index contributed by atoms with van der Waals surface area (Å²) in [5.74, 6) is -0.0711. The van der Waals surface area contributed by atoms with E-state index in [9.17, 15) is 9.59 Å². The number of H-pyrrole nitrogens is 2. The lowest BCUT2D eigenvalue weighted by molar-refractivity contribution is 0.0977. The van der Waals surface area contributed by atoms with Crippen LogP contribution in [0.3, 0.4) is 0 Å². The highest BCUT2D eigenvalue weighted by molar-refractivity contribution is 5.80. The molecule has 0 saturated heterocycles. The van der Waals surface area contributed by atoms with Crippen molar-refractivity contribution < 1.29 is 14.3 Å². The van der Waals surface area contributed by atoms with Gasteiger partial charge in [-0.05, 0) is 6.42 Å². The third-order valence-electron chi connectivity index (χ3n) is 1.93. The molecule has 8 nitrogen and oxygen atoms in total. The summed E-state index contributed by atoms with van der Waals surface area (Å²) >= 11 is 0. The van der Waals surface area contributed by atoms with Crippen LogP contribution >= 0.6 is 0 Å². The number of aromatic amines is 2. The van der Waals surface area contributed by atoms with Crippen molar-refractivity contribution in [3.63, 3.8) is 0 Å². The average molecular weight is 238 g/mol. The fourth-order valence-corrected chi connectivity index (χ4v) is 1.21. The monoisotopic (exact) mass is 238 g/mol. The van der Waals surface area contributed by atoms with Gasteiger partial charge in [0.2, 0.25) is 0 Å². The molecule has 0 spiro atoms. The quantitative estimate of drug-likeness (QED) is 0.756. The van der Waals surface area contributed by atoms with Gasteiger partial charge in [0, 0.05) is 0 Å². The van der Waals surface area contributed by atoms with E-state index in [1.807, 2.05) is 6.92 Å². The van der Waals surface area contributed by atoms with Crippen molar-refractivity contribution in [1.29, 1.82) is 0 Å². The molecule has 0 atom stereocenters. The van der Waals surface area contributed by atoms with Gasteiger partial charge in [0.25, 0.3) is 11.4 Å². The minimum Gasteiger partial charge on any atom is -0.434 e. The highest BCUT2D eigenvalue weighted by atomic mass is 16.7. The first-order valence-electron chi connectivity index (χ1n) is 4.98. The van der Waals surface area contributed by atoms with Crippen LogP contribution in [0, 0.1) is 0 Å². The number of hydrogen-bond acceptors (Lipinski definition) is 6. The normalized spacial score (nSPS) is 10.4. The summed E-state index contributed by atoms with van der Waals surface area (Å²) in [4.78, 5) is 28.9. The van der Waals surface area contributed by atoms with Crippen LogP contribution in [0.4, 0.5) is 4.79 Å². The Hall–Kier alpha value is -2.38.